The van der Waals surface area contributed by atoms with Gasteiger partial charge < -0.3 is 24.8 Å². The molecular formula is C21H23N3O6. The zero-order valence-electron chi connectivity index (χ0n) is 17.1. The number of ether oxygens (including phenoxy) is 3. The third-order valence-electron chi connectivity index (χ3n) is 4.62. The fraction of sp³-hybridized carbons (Fsp3) is 0.286. The third-order valence-corrected chi connectivity index (χ3v) is 4.62. The number of benzene rings is 2. The molecule has 1 atom stereocenters. The van der Waals surface area contributed by atoms with Crippen LogP contribution in [0.2, 0.25) is 0 Å². The van der Waals surface area contributed by atoms with Gasteiger partial charge in [0.15, 0.2) is 0 Å². The smallest absolute Gasteiger partial charge is 0.256 e. The first-order valence-electron chi connectivity index (χ1n) is 9.19. The lowest BCUT2D eigenvalue weighted by atomic mass is 10.2. The summed E-state index contributed by atoms with van der Waals surface area (Å²) in [5.74, 6) is 0.361. The van der Waals surface area contributed by atoms with Crippen LogP contribution in [-0.2, 0) is 14.4 Å². The summed E-state index contributed by atoms with van der Waals surface area (Å²) in [6, 6.07) is 9.06. The molecule has 0 radical (unpaired) electrons. The zero-order valence-corrected chi connectivity index (χ0v) is 17.1. The maximum absolute atomic E-state index is 13.1. The third kappa shape index (κ3) is 4.14. The molecule has 0 saturated carbocycles. The van der Waals surface area contributed by atoms with Crippen molar-refractivity contribution in [2.75, 3.05) is 36.9 Å². The number of anilines is 3. The molecule has 9 heteroatoms. The van der Waals surface area contributed by atoms with E-state index in [1.807, 2.05) is 0 Å². The van der Waals surface area contributed by atoms with E-state index in [1.54, 1.807) is 36.4 Å². The number of rotatable bonds is 7. The Morgan fingerprint density at radius 2 is 1.73 bits per heavy atom. The highest BCUT2D eigenvalue weighted by atomic mass is 16.5. The van der Waals surface area contributed by atoms with Crippen molar-refractivity contribution >= 4 is 34.8 Å². The van der Waals surface area contributed by atoms with Crippen molar-refractivity contribution in [1.82, 2.24) is 0 Å². The lowest BCUT2D eigenvalue weighted by Crippen LogP contribution is -2.35. The molecule has 30 heavy (non-hydrogen) atoms. The number of nitrogens with zero attached hydrogens (tertiary/aromatic N) is 1. The summed E-state index contributed by atoms with van der Waals surface area (Å²) in [4.78, 5) is 38.1. The minimum absolute atomic E-state index is 0.0401. The van der Waals surface area contributed by atoms with E-state index in [1.165, 1.54) is 28.3 Å². The molecule has 2 aromatic carbocycles. The van der Waals surface area contributed by atoms with E-state index in [-0.39, 0.29) is 18.2 Å². The van der Waals surface area contributed by atoms with Crippen LogP contribution < -0.4 is 29.7 Å². The fourth-order valence-corrected chi connectivity index (χ4v) is 3.26. The molecule has 1 saturated heterocycles. The maximum Gasteiger partial charge on any atom is 0.256 e. The van der Waals surface area contributed by atoms with Crippen LogP contribution in [-0.4, -0.2) is 45.1 Å². The number of carbonyl (C=O) groups is 3. The number of nitrogens with one attached hydrogen (secondary N) is 2. The average molecular weight is 413 g/mol. The zero-order chi connectivity index (χ0) is 21.8. The van der Waals surface area contributed by atoms with E-state index < -0.39 is 11.9 Å². The molecule has 0 bridgehead atoms. The van der Waals surface area contributed by atoms with Crippen LogP contribution in [0.15, 0.2) is 36.4 Å². The van der Waals surface area contributed by atoms with Gasteiger partial charge in [0.25, 0.3) is 5.91 Å². The second-order valence-corrected chi connectivity index (χ2v) is 6.60. The molecule has 3 rings (SSSR count). The first-order chi connectivity index (χ1) is 14.4. The lowest BCUT2D eigenvalue weighted by molar-refractivity contribution is -0.121. The van der Waals surface area contributed by atoms with E-state index in [4.69, 9.17) is 14.2 Å². The van der Waals surface area contributed by atoms with E-state index in [0.717, 1.165) is 4.90 Å². The Balaban J connectivity index is 1.88. The van der Waals surface area contributed by atoms with Crippen LogP contribution in [0.25, 0.3) is 0 Å². The number of hydrogen-bond donors (Lipinski definition) is 2. The molecule has 9 nitrogen and oxygen atoms in total. The van der Waals surface area contributed by atoms with Gasteiger partial charge in [-0.1, -0.05) is 0 Å². The average Bonchev–Trinajstić information content (AvgIpc) is 3.00. The lowest BCUT2D eigenvalue weighted by Gasteiger charge is -2.20. The number of carbonyl (C=O) groups excluding carboxylic acids is 3. The summed E-state index contributed by atoms with van der Waals surface area (Å²) in [6.45, 7) is 1.40. The van der Waals surface area contributed by atoms with Gasteiger partial charge in [-0.15, -0.1) is 0 Å². The topological polar surface area (TPSA) is 106 Å². The molecule has 1 fully saturated rings. The number of hydrogen-bond acceptors (Lipinski definition) is 7. The molecule has 1 aliphatic heterocycles. The second-order valence-electron chi connectivity index (χ2n) is 6.60. The Hall–Kier alpha value is -3.75. The normalized spacial score (nSPS) is 15.7. The molecule has 0 spiro atoms. The predicted molar refractivity (Wildman–Crippen MR) is 111 cm³/mol. The largest absolute Gasteiger partial charge is 0.497 e. The molecule has 158 valence electrons. The van der Waals surface area contributed by atoms with Crippen LogP contribution in [0, 0.1) is 0 Å². The first-order valence-corrected chi connectivity index (χ1v) is 9.19. The van der Waals surface area contributed by atoms with Crippen molar-refractivity contribution in [3.8, 4) is 17.2 Å². The number of amides is 3. The second kappa shape index (κ2) is 8.73. The summed E-state index contributed by atoms with van der Waals surface area (Å²) in [5.41, 5.74) is 1.37. The predicted octanol–water partition coefficient (Wildman–Crippen LogP) is 2.41. The summed E-state index contributed by atoms with van der Waals surface area (Å²) >= 11 is 0. The summed E-state index contributed by atoms with van der Waals surface area (Å²) in [7, 11) is 4.47. The van der Waals surface area contributed by atoms with Crippen molar-refractivity contribution < 1.29 is 28.6 Å². The van der Waals surface area contributed by atoms with Gasteiger partial charge in [-0.05, 0) is 30.3 Å². The molecular weight excluding hydrogens is 390 g/mol. The van der Waals surface area contributed by atoms with Gasteiger partial charge in [-0.3, -0.25) is 14.4 Å². The maximum atomic E-state index is 13.1. The van der Waals surface area contributed by atoms with Crippen molar-refractivity contribution in [2.24, 2.45) is 0 Å². The Labute approximate surface area is 173 Å². The van der Waals surface area contributed by atoms with Gasteiger partial charge in [0.05, 0.1) is 39.1 Å². The van der Waals surface area contributed by atoms with E-state index in [9.17, 15) is 14.4 Å². The Morgan fingerprint density at radius 1 is 1.00 bits per heavy atom. The van der Waals surface area contributed by atoms with Crippen LogP contribution in [0.3, 0.4) is 0 Å². The van der Waals surface area contributed by atoms with Crippen LogP contribution >= 0.6 is 0 Å². The standard InChI is InChI=1S/C21H23N3O6/c1-12(25)22-13-5-8-18(29-3)15(9-13)23-16-11-20(26)24(21(16)27)17-7-6-14(28-2)10-19(17)30-4/h5-10,16,23H,11H2,1-4H3,(H,22,25)/t16-/m1/s1. The molecule has 2 aromatic rings. The summed E-state index contributed by atoms with van der Waals surface area (Å²) in [6.07, 6.45) is -0.0401. The fourth-order valence-electron chi connectivity index (χ4n) is 3.26. The Kier molecular flexibility index (Phi) is 6.10. The molecule has 0 aliphatic carbocycles. The quantitative estimate of drug-likeness (QED) is 0.672. The van der Waals surface area contributed by atoms with Crippen molar-refractivity contribution in [1.29, 1.82) is 0 Å². The van der Waals surface area contributed by atoms with E-state index >= 15 is 0 Å². The van der Waals surface area contributed by atoms with Crippen molar-refractivity contribution in [2.45, 2.75) is 19.4 Å². The van der Waals surface area contributed by atoms with Gasteiger partial charge >= 0.3 is 0 Å². The summed E-state index contributed by atoms with van der Waals surface area (Å²) in [5, 5.41) is 5.74. The van der Waals surface area contributed by atoms with Crippen LogP contribution in [0.1, 0.15) is 13.3 Å². The number of methoxy groups -OCH3 is 3. The van der Waals surface area contributed by atoms with Gasteiger partial charge in [0.2, 0.25) is 11.8 Å². The summed E-state index contributed by atoms with van der Waals surface area (Å²) < 4.78 is 15.8. The molecule has 2 N–H and O–H groups in total. The van der Waals surface area contributed by atoms with Crippen molar-refractivity contribution in [3.05, 3.63) is 36.4 Å². The van der Waals surface area contributed by atoms with Crippen molar-refractivity contribution in [3.63, 3.8) is 0 Å². The van der Waals surface area contributed by atoms with E-state index in [2.05, 4.69) is 10.6 Å². The molecule has 1 heterocycles. The van der Waals surface area contributed by atoms with Crippen LogP contribution in [0.4, 0.5) is 17.1 Å². The highest BCUT2D eigenvalue weighted by Gasteiger charge is 2.41. The van der Waals surface area contributed by atoms with Gasteiger partial charge in [0, 0.05) is 18.7 Å². The monoisotopic (exact) mass is 413 g/mol. The van der Waals surface area contributed by atoms with E-state index in [0.29, 0.717) is 34.3 Å². The highest BCUT2D eigenvalue weighted by molar-refractivity contribution is 6.23. The van der Waals surface area contributed by atoms with Crippen LogP contribution in [0.5, 0.6) is 17.2 Å². The Bertz CT molecular complexity index is 991. The molecule has 0 unspecified atom stereocenters. The van der Waals surface area contributed by atoms with Gasteiger partial charge in [-0.25, -0.2) is 4.90 Å². The first kappa shape index (κ1) is 21.0. The highest BCUT2D eigenvalue weighted by Crippen LogP contribution is 2.36. The molecule has 1 aliphatic rings. The molecule has 0 aromatic heterocycles. The number of imide groups is 1. The molecule has 3 amide bonds. The van der Waals surface area contributed by atoms with Gasteiger partial charge in [-0.2, -0.15) is 0 Å². The Morgan fingerprint density at radius 3 is 2.37 bits per heavy atom. The van der Waals surface area contributed by atoms with Gasteiger partial charge in [0.1, 0.15) is 23.3 Å². The minimum atomic E-state index is -0.800. The minimum Gasteiger partial charge on any atom is -0.497 e. The SMILES string of the molecule is COc1ccc(N2C(=O)C[C@@H](Nc3cc(NC(C)=O)ccc3OC)C2=O)c(OC)c1.